The molecule has 1 aromatic rings. The maximum Gasteiger partial charge on any atom is 0.239 e. The SMILES string of the molecule is COc1ccccc1NC(=O)C1CCN(C(=O)[C@@H](C)N)CC1.Cl. The van der Waals surface area contributed by atoms with Gasteiger partial charge >= 0.3 is 0 Å². The van der Waals surface area contributed by atoms with Crippen LogP contribution in [0.25, 0.3) is 0 Å². The Hall–Kier alpha value is -1.79. The van der Waals surface area contributed by atoms with Crippen molar-refractivity contribution in [2.45, 2.75) is 25.8 Å². The number of rotatable bonds is 4. The number of carbonyl (C=O) groups excluding carboxylic acids is 2. The van der Waals surface area contributed by atoms with Crippen LogP contribution in [0.5, 0.6) is 5.75 Å². The molecule has 0 spiro atoms. The molecular weight excluding hydrogens is 318 g/mol. The number of hydrogen-bond donors (Lipinski definition) is 2. The molecule has 1 aliphatic rings. The van der Waals surface area contributed by atoms with Gasteiger partial charge in [0.05, 0.1) is 18.8 Å². The number of methoxy groups -OCH3 is 1. The number of nitrogens with zero attached hydrogens (tertiary/aromatic N) is 1. The fourth-order valence-corrected chi connectivity index (χ4v) is 2.63. The molecule has 1 fully saturated rings. The van der Waals surface area contributed by atoms with Crippen LogP contribution in [0.2, 0.25) is 0 Å². The quantitative estimate of drug-likeness (QED) is 0.872. The first kappa shape index (κ1) is 19.3. The molecule has 23 heavy (non-hydrogen) atoms. The summed E-state index contributed by atoms with van der Waals surface area (Å²) in [5, 5.41) is 2.91. The van der Waals surface area contributed by atoms with Gasteiger partial charge in [-0.15, -0.1) is 12.4 Å². The molecule has 1 atom stereocenters. The Kier molecular flexibility index (Phi) is 7.32. The van der Waals surface area contributed by atoms with Crippen LogP contribution in [-0.4, -0.2) is 43.0 Å². The number of para-hydroxylation sites is 2. The predicted octanol–water partition coefficient (Wildman–Crippen LogP) is 1.64. The number of halogens is 1. The third-order valence-corrected chi connectivity index (χ3v) is 3.93. The van der Waals surface area contributed by atoms with Crippen LogP contribution >= 0.6 is 12.4 Å². The molecule has 1 aliphatic heterocycles. The number of carbonyl (C=O) groups is 2. The summed E-state index contributed by atoms with van der Waals surface area (Å²) < 4.78 is 5.23. The zero-order valence-electron chi connectivity index (χ0n) is 13.5. The first-order valence-corrected chi connectivity index (χ1v) is 7.51. The van der Waals surface area contributed by atoms with E-state index in [2.05, 4.69) is 5.32 Å². The maximum atomic E-state index is 12.4. The maximum absolute atomic E-state index is 12.4. The fraction of sp³-hybridized carbons (Fsp3) is 0.500. The van der Waals surface area contributed by atoms with Crippen LogP contribution in [0.1, 0.15) is 19.8 Å². The molecule has 3 N–H and O–H groups in total. The second-order valence-electron chi connectivity index (χ2n) is 5.58. The molecule has 1 aromatic carbocycles. The molecule has 0 saturated carbocycles. The fourth-order valence-electron chi connectivity index (χ4n) is 2.63. The van der Waals surface area contributed by atoms with E-state index in [1.54, 1.807) is 25.0 Å². The largest absolute Gasteiger partial charge is 0.495 e. The number of hydrogen-bond acceptors (Lipinski definition) is 4. The van der Waals surface area contributed by atoms with Crippen molar-refractivity contribution in [1.82, 2.24) is 4.90 Å². The number of nitrogens with one attached hydrogen (secondary N) is 1. The summed E-state index contributed by atoms with van der Waals surface area (Å²) in [5.74, 6) is 0.462. The Labute approximate surface area is 142 Å². The first-order valence-electron chi connectivity index (χ1n) is 7.51. The lowest BCUT2D eigenvalue weighted by molar-refractivity contribution is -0.135. The van der Waals surface area contributed by atoms with Crippen molar-refractivity contribution in [2.24, 2.45) is 11.7 Å². The lowest BCUT2D eigenvalue weighted by atomic mass is 9.95. The standard InChI is InChI=1S/C16H23N3O3.ClH/c1-11(17)16(21)19-9-7-12(8-10-19)15(20)18-13-5-3-4-6-14(13)22-2;/h3-6,11-12H,7-10,17H2,1-2H3,(H,18,20);1H/t11-;/m1./s1. The molecular formula is C16H24ClN3O3. The van der Waals surface area contributed by atoms with Crippen LogP contribution in [0.15, 0.2) is 24.3 Å². The molecule has 0 aliphatic carbocycles. The Morgan fingerprint density at radius 2 is 1.91 bits per heavy atom. The minimum absolute atomic E-state index is 0. The van der Waals surface area contributed by atoms with Crippen molar-refractivity contribution in [3.8, 4) is 5.75 Å². The van der Waals surface area contributed by atoms with Gasteiger partial charge < -0.3 is 20.7 Å². The minimum Gasteiger partial charge on any atom is -0.495 e. The van der Waals surface area contributed by atoms with E-state index in [0.29, 0.717) is 37.4 Å². The number of anilines is 1. The van der Waals surface area contributed by atoms with E-state index >= 15 is 0 Å². The summed E-state index contributed by atoms with van der Waals surface area (Å²) in [5.41, 5.74) is 6.28. The number of nitrogens with two attached hydrogens (primary N) is 1. The van der Waals surface area contributed by atoms with Gasteiger partial charge in [0.25, 0.3) is 0 Å². The van der Waals surface area contributed by atoms with Crippen LogP contribution in [-0.2, 0) is 9.59 Å². The number of benzene rings is 1. The van der Waals surface area contributed by atoms with Gasteiger partial charge in [-0.1, -0.05) is 12.1 Å². The molecule has 0 unspecified atom stereocenters. The molecule has 2 rings (SSSR count). The third kappa shape index (κ3) is 4.84. The van der Waals surface area contributed by atoms with Crippen LogP contribution in [0, 0.1) is 5.92 Å². The number of piperidine rings is 1. The lowest BCUT2D eigenvalue weighted by Gasteiger charge is -2.32. The van der Waals surface area contributed by atoms with Gasteiger partial charge in [-0.3, -0.25) is 9.59 Å². The second-order valence-corrected chi connectivity index (χ2v) is 5.58. The van der Waals surface area contributed by atoms with E-state index in [-0.39, 0.29) is 30.1 Å². The summed E-state index contributed by atoms with van der Waals surface area (Å²) in [6.07, 6.45) is 1.30. The van der Waals surface area contributed by atoms with Crippen LogP contribution in [0.3, 0.4) is 0 Å². The average molecular weight is 342 g/mol. The lowest BCUT2D eigenvalue weighted by Crippen LogP contribution is -2.47. The van der Waals surface area contributed by atoms with E-state index in [1.807, 2.05) is 18.2 Å². The van der Waals surface area contributed by atoms with Crippen molar-refractivity contribution >= 4 is 29.9 Å². The highest BCUT2D eigenvalue weighted by Gasteiger charge is 2.28. The highest BCUT2D eigenvalue weighted by molar-refractivity contribution is 5.94. The Balaban J connectivity index is 0.00000264. The van der Waals surface area contributed by atoms with E-state index in [4.69, 9.17) is 10.5 Å². The molecule has 2 amide bonds. The predicted molar refractivity (Wildman–Crippen MR) is 91.8 cm³/mol. The Bertz CT molecular complexity index is 543. The van der Waals surface area contributed by atoms with Gasteiger partial charge in [-0.2, -0.15) is 0 Å². The number of likely N-dealkylation sites (tertiary alicyclic amines) is 1. The third-order valence-electron chi connectivity index (χ3n) is 3.93. The zero-order valence-corrected chi connectivity index (χ0v) is 14.3. The summed E-state index contributed by atoms with van der Waals surface area (Å²) in [6.45, 7) is 2.83. The van der Waals surface area contributed by atoms with Gasteiger partial charge in [0.15, 0.2) is 0 Å². The first-order chi connectivity index (χ1) is 10.5. The van der Waals surface area contributed by atoms with Gasteiger partial charge in [0.1, 0.15) is 5.75 Å². The average Bonchev–Trinajstić information content (AvgIpc) is 2.54. The molecule has 0 radical (unpaired) electrons. The molecule has 7 heteroatoms. The zero-order chi connectivity index (χ0) is 16.1. The van der Waals surface area contributed by atoms with Crippen LogP contribution in [0.4, 0.5) is 5.69 Å². The van der Waals surface area contributed by atoms with Gasteiger partial charge in [0, 0.05) is 19.0 Å². The molecule has 1 saturated heterocycles. The summed E-state index contributed by atoms with van der Waals surface area (Å²) in [4.78, 5) is 25.9. The van der Waals surface area contributed by atoms with Gasteiger partial charge in [0.2, 0.25) is 11.8 Å². The Morgan fingerprint density at radius 1 is 1.30 bits per heavy atom. The summed E-state index contributed by atoms with van der Waals surface area (Å²) in [6, 6.07) is 6.83. The van der Waals surface area contributed by atoms with E-state index in [0.717, 1.165) is 0 Å². The van der Waals surface area contributed by atoms with E-state index in [9.17, 15) is 9.59 Å². The minimum atomic E-state index is -0.487. The number of amides is 2. The highest BCUT2D eigenvalue weighted by Crippen LogP contribution is 2.25. The van der Waals surface area contributed by atoms with Crippen molar-refractivity contribution in [3.05, 3.63) is 24.3 Å². The number of ether oxygens (including phenoxy) is 1. The molecule has 6 nitrogen and oxygen atoms in total. The summed E-state index contributed by atoms with van der Waals surface area (Å²) in [7, 11) is 1.57. The van der Waals surface area contributed by atoms with Gasteiger partial charge in [-0.25, -0.2) is 0 Å². The van der Waals surface area contributed by atoms with Crippen molar-refractivity contribution in [1.29, 1.82) is 0 Å². The van der Waals surface area contributed by atoms with Crippen molar-refractivity contribution < 1.29 is 14.3 Å². The summed E-state index contributed by atoms with van der Waals surface area (Å²) >= 11 is 0. The molecule has 1 heterocycles. The van der Waals surface area contributed by atoms with Crippen molar-refractivity contribution in [3.63, 3.8) is 0 Å². The topological polar surface area (TPSA) is 84.7 Å². The highest BCUT2D eigenvalue weighted by atomic mass is 35.5. The smallest absolute Gasteiger partial charge is 0.239 e. The molecule has 128 valence electrons. The monoisotopic (exact) mass is 341 g/mol. The Morgan fingerprint density at radius 3 is 2.48 bits per heavy atom. The van der Waals surface area contributed by atoms with Gasteiger partial charge in [-0.05, 0) is 31.9 Å². The van der Waals surface area contributed by atoms with Crippen LogP contribution < -0.4 is 15.8 Å². The normalized spacial score (nSPS) is 16.2. The van der Waals surface area contributed by atoms with E-state index in [1.165, 1.54) is 0 Å². The second kappa shape index (κ2) is 8.74. The van der Waals surface area contributed by atoms with E-state index < -0.39 is 6.04 Å². The molecule has 0 bridgehead atoms. The van der Waals surface area contributed by atoms with Crippen molar-refractivity contribution in [2.75, 3.05) is 25.5 Å². The molecule has 0 aromatic heterocycles.